The van der Waals surface area contributed by atoms with E-state index in [1.54, 1.807) is 12.1 Å². The third-order valence-corrected chi connectivity index (χ3v) is 9.69. The third kappa shape index (κ3) is 7.51. The molecule has 0 aromatic heterocycles. The van der Waals surface area contributed by atoms with Gasteiger partial charge >= 0.3 is 5.97 Å². The molecule has 4 saturated carbocycles. The Hall–Kier alpha value is -2.73. The van der Waals surface area contributed by atoms with Gasteiger partial charge in [-0.25, -0.2) is 4.79 Å². The van der Waals surface area contributed by atoms with Gasteiger partial charge in [-0.3, -0.25) is 0 Å². The van der Waals surface area contributed by atoms with E-state index < -0.39 is 5.97 Å². The molecule has 40 heavy (non-hydrogen) atoms. The number of esters is 1. The number of hydrogen-bond donors (Lipinski definition) is 0. The van der Waals surface area contributed by atoms with Crippen molar-refractivity contribution in [3.63, 3.8) is 0 Å². The first kappa shape index (κ1) is 28.8. The molecule has 6 rings (SSSR count). The van der Waals surface area contributed by atoms with Crippen LogP contribution in [0.15, 0.2) is 48.5 Å². The highest BCUT2D eigenvalue weighted by Gasteiger charge is 2.52. The number of hydrogen-bond acceptors (Lipinski definition) is 3. The van der Waals surface area contributed by atoms with Crippen LogP contribution in [0, 0.1) is 29.8 Å². The van der Waals surface area contributed by atoms with Crippen LogP contribution in [0.1, 0.15) is 131 Å². The monoisotopic (exact) mass is 540 g/mol. The van der Waals surface area contributed by atoms with Gasteiger partial charge in [-0.15, -0.1) is 0 Å². The standard InChI is InChI=1S/C37H48O3/c1-2-3-4-5-6-7-8-9-10-14-20-39-35-18-17-29(19-21-40-36(38)33-15-12-11-13-16-33)25-34(35)37-26-30-22-31(27-37)24-32(23-30)28-37/h11-13,15-18,25,30-32H,2-10,14,20,22-24,26-28H2,1H3. The Morgan fingerprint density at radius 1 is 0.800 bits per heavy atom. The lowest BCUT2D eigenvalue weighted by molar-refractivity contribution is -0.00641. The van der Waals surface area contributed by atoms with Gasteiger partial charge in [0.15, 0.2) is 0 Å². The first-order valence-corrected chi connectivity index (χ1v) is 16.2. The second-order valence-corrected chi connectivity index (χ2v) is 12.9. The maximum atomic E-state index is 12.3. The number of rotatable bonds is 14. The minimum Gasteiger partial charge on any atom is -0.493 e. The van der Waals surface area contributed by atoms with E-state index in [0.29, 0.717) is 5.56 Å². The van der Waals surface area contributed by atoms with Gasteiger partial charge in [-0.05, 0) is 104 Å². The van der Waals surface area contributed by atoms with Gasteiger partial charge in [0.05, 0.1) is 12.2 Å². The van der Waals surface area contributed by atoms with Crippen molar-refractivity contribution in [3.05, 3.63) is 65.2 Å². The fourth-order valence-corrected chi connectivity index (χ4v) is 8.12. The van der Waals surface area contributed by atoms with Gasteiger partial charge in [0.25, 0.3) is 0 Å². The summed E-state index contributed by atoms with van der Waals surface area (Å²) in [6, 6.07) is 15.4. The lowest BCUT2D eigenvalue weighted by atomic mass is 9.48. The normalized spacial score (nSPS) is 24.4. The molecule has 0 unspecified atom stereocenters. The molecule has 2 aromatic rings. The van der Waals surface area contributed by atoms with Crippen LogP contribution in [0.25, 0.3) is 0 Å². The summed E-state index contributed by atoms with van der Waals surface area (Å²) in [5, 5.41) is 0. The Kier molecular flexibility index (Phi) is 10.3. The minimum absolute atomic E-state index is 0.222. The molecule has 4 aliphatic carbocycles. The van der Waals surface area contributed by atoms with Crippen molar-refractivity contribution in [1.29, 1.82) is 0 Å². The molecule has 0 N–H and O–H groups in total. The molecule has 3 heteroatoms. The van der Waals surface area contributed by atoms with E-state index >= 15 is 0 Å². The maximum Gasteiger partial charge on any atom is 0.352 e. The van der Waals surface area contributed by atoms with Crippen molar-refractivity contribution in [2.24, 2.45) is 17.8 Å². The van der Waals surface area contributed by atoms with E-state index in [9.17, 15) is 4.79 Å². The van der Waals surface area contributed by atoms with Crippen LogP contribution in [-0.2, 0) is 10.2 Å². The molecule has 214 valence electrons. The van der Waals surface area contributed by atoms with Gasteiger partial charge in [-0.2, -0.15) is 0 Å². The third-order valence-electron chi connectivity index (χ3n) is 9.69. The molecule has 0 spiro atoms. The van der Waals surface area contributed by atoms with Crippen molar-refractivity contribution in [2.75, 3.05) is 6.61 Å². The summed E-state index contributed by atoms with van der Waals surface area (Å²) in [6.07, 6.45) is 24.1. The van der Waals surface area contributed by atoms with E-state index in [-0.39, 0.29) is 5.41 Å². The summed E-state index contributed by atoms with van der Waals surface area (Å²) in [5.41, 5.74) is 3.00. The maximum absolute atomic E-state index is 12.3. The number of unbranched alkanes of at least 4 members (excludes halogenated alkanes) is 9. The molecule has 2 aromatic carbocycles. The molecule has 4 bridgehead atoms. The molecule has 0 heterocycles. The Labute approximate surface area is 242 Å². The molecular weight excluding hydrogens is 492 g/mol. The van der Waals surface area contributed by atoms with Crippen LogP contribution in [0.3, 0.4) is 0 Å². The summed E-state index contributed by atoms with van der Waals surface area (Å²) in [6.45, 7) is 3.07. The van der Waals surface area contributed by atoms with Crippen LogP contribution in [0.5, 0.6) is 5.75 Å². The smallest absolute Gasteiger partial charge is 0.352 e. The predicted octanol–water partition coefficient (Wildman–Crippen LogP) is 9.62. The number of benzene rings is 2. The van der Waals surface area contributed by atoms with Crippen LogP contribution in [0.2, 0.25) is 0 Å². The minimum atomic E-state index is -0.411. The summed E-state index contributed by atoms with van der Waals surface area (Å²) < 4.78 is 11.8. The second kappa shape index (κ2) is 14.2. The van der Waals surface area contributed by atoms with Crippen molar-refractivity contribution in [3.8, 4) is 17.8 Å². The number of ether oxygens (including phenoxy) is 2. The first-order chi connectivity index (χ1) is 19.6. The quantitative estimate of drug-likeness (QED) is 0.136. The average Bonchev–Trinajstić information content (AvgIpc) is 2.96. The number of carbonyl (C=O) groups is 1. The van der Waals surface area contributed by atoms with Crippen molar-refractivity contribution < 1.29 is 14.3 Å². The van der Waals surface area contributed by atoms with E-state index in [1.807, 2.05) is 24.3 Å². The highest BCUT2D eigenvalue weighted by atomic mass is 16.5. The van der Waals surface area contributed by atoms with Crippen molar-refractivity contribution >= 4 is 5.97 Å². The summed E-state index contributed by atoms with van der Waals surface area (Å²) >= 11 is 0. The molecule has 0 radical (unpaired) electrons. The Morgan fingerprint density at radius 2 is 1.40 bits per heavy atom. The van der Waals surface area contributed by atoms with E-state index in [1.165, 1.54) is 102 Å². The fourth-order valence-electron chi connectivity index (χ4n) is 8.12. The molecular formula is C37H48O3. The second-order valence-electron chi connectivity index (χ2n) is 12.9. The molecule has 0 aliphatic heterocycles. The number of carbonyl (C=O) groups excluding carboxylic acids is 1. The zero-order valence-electron chi connectivity index (χ0n) is 24.6. The molecule has 4 fully saturated rings. The van der Waals surface area contributed by atoms with Crippen LogP contribution < -0.4 is 4.74 Å². The van der Waals surface area contributed by atoms with Gasteiger partial charge in [0.1, 0.15) is 11.9 Å². The van der Waals surface area contributed by atoms with Gasteiger partial charge in [0.2, 0.25) is 0 Å². The summed E-state index contributed by atoms with van der Waals surface area (Å²) in [4.78, 5) is 12.3. The van der Waals surface area contributed by atoms with Gasteiger partial charge < -0.3 is 9.47 Å². The zero-order chi connectivity index (χ0) is 27.6. The largest absolute Gasteiger partial charge is 0.493 e. The molecule has 0 amide bonds. The van der Waals surface area contributed by atoms with E-state index in [0.717, 1.165) is 42.1 Å². The predicted molar refractivity (Wildman–Crippen MR) is 162 cm³/mol. The fraction of sp³-hybridized carbons (Fsp3) is 0.595. The van der Waals surface area contributed by atoms with Crippen molar-refractivity contribution in [1.82, 2.24) is 0 Å². The van der Waals surface area contributed by atoms with E-state index in [4.69, 9.17) is 9.47 Å². The lowest BCUT2D eigenvalue weighted by Gasteiger charge is -2.57. The highest BCUT2D eigenvalue weighted by molar-refractivity contribution is 5.90. The summed E-state index contributed by atoms with van der Waals surface area (Å²) in [7, 11) is 0. The molecule has 0 atom stereocenters. The molecule has 3 nitrogen and oxygen atoms in total. The molecule has 4 aliphatic rings. The zero-order valence-corrected chi connectivity index (χ0v) is 24.6. The van der Waals surface area contributed by atoms with Crippen LogP contribution in [0.4, 0.5) is 0 Å². The first-order valence-electron chi connectivity index (χ1n) is 16.2. The van der Waals surface area contributed by atoms with E-state index in [2.05, 4.69) is 31.1 Å². The van der Waals surface area contributed by atoms with Crippen molar-refractivity contribution in [2.45, 2.75) is 115 Å². The van der Waals surface area contributed by atoms with Crippen LogP contribution >= 0.6 is 0 Å². The van der Waals surface area contributed by atoms with Gasteiger partial charge in [0, 0.05) is 11.1 Å². The summed E-state index contributed by atoms with van der Waals surface area (Å²) in [5.74, 6) is 6.35. The Bertz CT molecular complexity index is 1120. The average molecular weight is 541 g/mol. The van der Waals surface area contributed by atoms with Gasteiger partial charge in [-0.1, -0.05) is 82.9 Å². The highest BCUT2D eigenvalue weighted by Crippen LogP contribution is 2.62. The topological polar surface area (TPSA) is 35.5 Å². The SMILES string of the molecule is CCCCCCCCCCCCOc1ccc(C#COC(=O)c2ccccc2)cc1C12CC3CC(CC(C3)C1)C2. The Balaban J connectivity index is 1.20. The lowest BCUT2D eigenvalue weighted by Crippen LogP contribution is -2.48. The molecule has 0 saturated heterocycles. The Morgan fingerprint density at radius 3 is 2.02 bits per heavy atom. The van der Waals surface area contributed by atoms with Crippen LogP contribution in [-0.4, -0.2) is 12.6 Å².